The minimum Gasteiger partial charge on any atom is -0.388 e. The van der Waals surface area contributed by atoms with Crippen molar-refractivity contribution in [3.8, 4) is 0 Å². The van der Waals surface area contributed by atoms with Gasteiger partial charge in [0.05, 0.1) is 18.4 Å². The molecule has 1 rings (SSSR count). The number of hydrogen-bond donors (Lipinski definition) is 3. The van der Waals surface area contributed by atoms with Crippen LogP contribution in [0.25, 0.3) is 0 Å². The lowest BCUT2D eigenvalue weighted by Crippen LogP contribution is -2.42. The van der Waals surface area contributed by atoms with Crippen molar-refractivity contribution in [2.24, 2.45) is 10.9 Å². The first kappa shape index (κ1) is 22.2. The van der Waals surface area contributed by atoms with Crippen LogP contribution in [0.15, 0.2) is 4.99 Å². The second kappa shape index (κ2) is 10.3. The first-order valence-corrected chi connectivity index (χ1v) is 11.3. The Balaban J connectivity index is 2.59. The van der Waals surface area contributed by atoms with Crippen molar-refractivity contribution in [1.29, 1.82) is 0 Å². The minimum absolute atomic E-state index is 0.281. The van der Waals surface area contributed by atoms with Gasteiger partial charge < -0.3 is 15.7 Å². The predicted molar refractivity (Wildman–Crippen MR) is 103 cm³/mol. The van der Waals surface area contributed by atoms with E-state index in [9.17, 15) is 13.5 Å². The smallest absolute Gasteiger partial charge is 0.211 e. The van der Waals surface area contributed by atoms with Gasteiger partial charge >= 0.3 is 0 Å². The summed E-state index contributed by atoms with van der Waals surface area (Å²) in [6.45, 7) is 9.09. The number of aliphatic hydroxyl groups is 1. The fourth-order valence-electron chi connectivity index (χ4n) is 3.29. The van der Waals surface area contributed by atoms with Crippen molar-refractivity contribution in [2.45, 2.75) is 58.5 Å². The van der Waals surface area contributed by atoms with E-state index < -0.39 is 15.6 Å². The highest BCUT2D eigenvalue weighted by molar-refractivity contribution is 7.88. The van der Waals surface area contributed by atoms with E-state index in [4.69, 9.17) is 0 Å². The molecule has 0 amide bonds. The number of hydrogen-bond acceptors (Lipinski definition) is 4. The zero-order valence-corrected chi connectivity index (χ0v) is 17.0. The summed E-state index contributed by atoms with van der Waals surface area (Å²) < 4.78 is 24.7. The van der Waals surface area contributed by atoms with Gasteiger partial charge in [-0.3, -0.25) is 4.99 Å². The summed E-state index contributed by atoms with van der Waals surface area (Å²) in [6, 6.07) is 0. The molecule has 7 nitrogen and oxygen atoms in total. The molecule has 0 aromatic carbocycles. The van der Waals surface area contributed by atoms with Crippen LogP contribution < -0.4 is 10.6 Å². The maximum Gasteiger partial charge on any atom is 0.211 e. The topological polar surface area (TPSA) is 94.0 Å². The van der Waals surface area contributed by atoms with Gasteiger partial charge in [0, 0.05) is 26.2 Å². The van der Waals surface area contributed by atoms with E-state index in [1.807, 2.05) is 6.92 Å². The van der Waals surface area contributed by atoms with E-state index in [-0.39, 0.29) is 5.92 Å². The van der Waals surface area contributed by atoms with E-state index in [0.29, 0.717) is 32.1 Å². The van der Waals surface area contributed by atoms with Crippen LogP contribution in [-0.4, -0.2) is 68.4 Å². The highest BCUT2D eigenvalue weighted by atomic mass is 32.2. The van der Waals surface area contributed by atoms with Crippen LogP contribution in [0, 0.1) is 5.92 Å². The van der Waals surface area contributed by atoms with E-state index in [2.05, 4.69) is 29.5 Å². The van der Waals surface area contributed by atoms with Gasteiger partial charge in [-0.1, -0.05) is 26.7 Å². The predicted octanol–water partition coefficient (Wildman–Crippen LogP) is 1.15. The molecule has 1 aliphatic heterocycles. The van der Waals surface area contributed by atoms with Crippen molar-refractivity contribution >= 4 is 16.0 Å². The molecular formula is C17H36N4O3S. The van der Waals surface area contributed by atoms with Crippen LogP contribution in [-0.2, 0) is 10.0 Å². The monoisotopic (exact) mass is 376 g/mol. The fraction of sp³-hybridized carbons (Fsp3) is 0.941. The second-order valence-electron chi connectivity index (χ2n) is 7.08. The van der Waals surface area contributed by atoms with Gasteiger partial charge in [-0.25, -0.2) is 12.7 Å². The molecule has 1 heterocycles. The van der Waals surface area contributed by atoms with Crippen LogP contribution in [0.4, 0.5) is 0 Å². The largest absolute Gasteiger partial charge is 0.388 e. The van der Waals surface area contributed by atoms with Gasteiger partial charge in [0.15, 0.2) is 5.96 Å². The number of nitrogens with zero attached hydrogens (tertiary/aromatic N) is 2. The van der Waals surface area contributed by atoms with Crippen molar-refractivity contribution in [2.75, 3.05) is 39.0 Å². The highest BCUT2D eigenvalue weighted by Crippen LogP contribution is 2.20. The molecule has 1 saturated heterocycles. The lowest BCUT2D eigenvalue weighted by molar-refractivity contribution is 0.0306. The van der Waals surface area contributed by atoms with Crippen molar-refractivity contribution in [3.63, 3.8) is 0 Å². The average molecular weight is 377 g/mol. The van der Waals surface area contributed by atoms with E-state index in [0.717, 1.165) is 38.6 Å². The van der Waals surface area contributed by atoms with Crippen molar-refractivity contribution in [1.82, 2.24) is 14.9 Å². The molecule has 0 aromatic rings. The summed E-state index contributed by atoms with van der Waals surface area (Å²) >= 11 is 0. The molecule has 1 fully saturated rings. The molecule has 0 aromatic heterocycles. The van der Waals surface area contributed by atoms with Crippen LogP contribution >= 0.6 is 0 Å². The zero-order valence-electron chi connectivity index (χ0n) is 16.2. The van der Waals surface area contributed by atoms with Gasteiger partial charge in [0.2, 0.25) is 10.0 Å². The Labute approximate surface area is 153 Å². The number of nitrogens with one attached hydrogen (secondary N) is 2. The van der Waals surface area contributed by atoms with E-state index in [1.54, 1.807) is 0 Å². The summed E-state index contributed by atoms with van der Waals surface area (Å²) in [5.74, 6) is 0.967. The Morgan fingerprint density at radius 3 is 2.36 bits per heavy atom. The van der Waals surface area contributed by atoms with Crippen LogP contribution in [0.1, 0.15) is 52.9 Å². The lowest BCUT2D eigenvalue weighted by Gasteiger charge is -2.26. The third kappa shape index (κ3) is 7.92. The van der Waals surface area contributed by atoms with E-state index >= 15 is 0 Å². The molecule has 0 aliphatic carbocycles. The molecule has 148 valence electrons. The molecule has 0 radical (unpaired) electrons. The zero-order chi connectivity index (χ0) is 18.9. The number of rotatable bonds is 10. The molecule has 0 bridgehead atoms. The van der Waals surface area contributed by atoms with Gasteiger partial charge in [0.1, 0.15) is 0 Å². The van der Waals surface area contributed by atoms with Gasteiger partial charge in [0.25, 0.3) is 0 Å². The molecule has 8 heteroatoms. The van der Waals surface area contributed by atoms with E-state index in [1.165, 1.54) is 10.6 Å². The van der Waals surface area contributed by atoms with Crippen LogP contribution in [0.2, 0.25) is 0 Å². The molecule has 1 unspecified atom stereocenters. The van der Waals surface area contributed by atoms with Crippen LogP contribution in [0.5, 0.6) is 0 Å². The quantitative estimate of drug-likeness (QED) is 0.393. The Bertz CT molecular complexity index is 516. The number of aliphatic imine (C=N–C) groups is 1. The molecule has 1 atom stereocenters. The third-order valence-corrected chi connectivity index (χ3v) is 5.85. The SMILES string of the molecule is CCCC(O)(CCC)CN=C(NCC)NCC1CCN(S(C)(=O)=O)C1. The molecular weight excluding hydrogens is 340 g/mol. The van der Waals surface area contributed by atoms with Crippen molar-refractivity contribution < 1.29 is 13.5 Å². The van der Waals surface area contributed by atoms with Gasteiger partial charge in [-0.2, -0.15) is 0 Å². The maximum atomic E-state index is 11.6. The second-order valence-corrected chi connectivity index (χ2v) is 9.06. The maximum absolute atomic E-state index is 11.6. The third-order valence-electron chi connectivity index (χ3n) is 4.58. The number of sulfonamides is 1. The Morgan fingerprint density at radius 2 is 1.88 bits per heavy atom. The average Bonchev–Trinajstić information content (AvgIpc) is 3.00. The lowest BCUT2D eigenvalue weighted by atomic mass is 9.93. The first-order chi connectivity index (χ1) is 11.7. The van der Waals surface area contributed by atoms with Crippen LogP contribution in [0.3, 0.4) is 0 Å². The summed E-state index contributed by atoms with van der Waals surface area (Å²) in [6.07, 6.45) is 5.47. The standard InChI is InChI=1S/C17H36N4O3S/c1-5-9-17(22,10-6-2)14-20-16(18-7-3)19-12-15-8-11-21(13-15)25(4,23)24/h15,22H,5-14H2,1-4H3,(H2,18,19,20). The molecule has 0 saturated carbocycles. The minimum atomic E-state index is -3.10. The van der Waals surface area contributed by atoms with Crippen molar-refractivity contribution in [3.05, 3.63) is 0 Å². The summed E-state index contributed by atoms with van der Waals surface area (Å²) in [5.41, 5.74) is -0.744. The van der Waals surface area contributed by atoms with Gasteiger partial charge in [-0.15, -0.1) is 0 Å². The Kier molecular flexibility index (Phi) is 9.16. The summed E-state index contributed by atoms with van der Waals surface area (Å²) in [5, 5.41) is 17.2. The normalized spacial score (nSPS) is 20.0. The molecule has 0 spiro atoms. The molecule has 1 aliphatic rings. The van der Waals surface area contributed by atoms with Gasteiger partial charge in [-0.05, 0) is 32.1 Å². The fourth-order valence-corrected chi connectivity index (χ4v) is 4.21. The molecule has 25 heavy (non-hydrogen) atoms. The highest BCUT2D eigenvalue weighted by Gasteiger charge is 2.28. The number of guanidine groups is 1. The first-order valence-electron chi connectivity index (χ1n) is 9.43. The Hall–Kier alpha value is -0.860. The summed E-state index contributed by atoms with van der Waals surface area (Å²) in [7, 11) is -3.10. The summed E-state index contributed by atoms with van der Waals surface area (Å²) in [4.78, 5) is 4.56. The molecule has 3 N–H and O–H groups in total. The Morgan fingerprint density at radius 1 is 1.24 bits per heavy atom.